The monoisotopic (exact) mass is 568 g/mol. The van der Waals surface area contributed by atoms with Crippen molar-refractivity contribution in [1.29, 1.82) is 0 Å². The Morgan fingerprint density at radius 1 is 0.974 bits per heavy atom. The van der Waals surface area contributed by atoms with E-state index in [1.54, 1.807) is 19.9 Å². The molecule has 15 heteroatoms. The number of nitrogens with one attached hydrogen (secondary N) is 1. The zero-order valence-corrected chi connectivity index (χ0v) is 20.9. The fourth-order valence-corrected chi connectivity index (χ4v) is 4.40. The molecule has 0 bridgehead atoms. The standard InChI is InChI=1S/C24H18F6N6O2S/c1-13-10-14(2)32-22(31-13)39-12-19-20(21(37)33-16-5-3-4-15(11-16)23(25,26)27)34-35-36(19)17-6-8-18(9-7-17)38-24(28,29)30/h3-11H,12H2,1-2H3,(H,33,37). The zero-order chi connectivity index (χ0) is 28.4. The topological polar surface area (TPSA) is 94.8 Å². The number of alkyl halides is 6. The lowest BCUT2D eigenvalue weighted by molar-refractivity contribution is -0.274. The smallest absolute Gasteiger partial charge is 0.406 e. The van der Waals surface area contributed by atoms with Gasteiger partial charge in [0.1, 0.15) is 5.75 Å². The first-order valence-electron chi connectivity index (χ1n) is 11.0. The molecule has 0 unspecified atom stereocenters. The molecule has 1 N–H and O–H groups in total. The molecule has 2 heterocycles. The largest absolute Gasteiger partial charge is 0.573 e. The number of aromatic nitrogens is 5. The van der Waals surface area contributed by atoms with Gasteiger partial charge in [0.15, 0.2) is 10.9 Å². The zero-order valence-electron chi connectivity index (χ0n) is 20.1. The SMILES string of the molecule is Cc1cc(C)nc(SCc2c(C(=O)Nc3cccc(C(F)(F)F)c3)nnn2-c2ccc(OC(F)(F)F)cc2)n1. The van der Waals surface area contributed by atoms with E-state index in [4.69, 9.17) is 0 Å². The average molecular weight is 569 g/mol. The lowest BCUT2D eigenvalue weighted by Gasteiger charge is -2.11. The molecule has 39 heavy (non-hydrogen) atoms. The lowest BCUT2D eigenvalue weighted by Crippen LogP contribution is -2.17. The predicted molar refractivity (Wildman–Crippen MR) is 129 cm³/mol. The van der Waals surface area contributed by atoms with Crippen molar-refractivity contribution >= 4 is 23.4 Å². The summed E-state index contributed by atoms with van der Waals surface area (Å²) < 4.78 is 82.0. The van der Waals surface area contributed by atoms with Crippen LogP contribution in [0.5, 0.6) is 5.75 Å². The van der Waals surface area contributed by atoms with Gasteiger partial charge in [-0.2, -0.15) is 13.2 Å². The van der Waals surface area contributed by atoms with Crippen molar-refractivity contribution in [1.82, 2.24) is 25.0 Å². The summed E-state index contributed by atoms with van der Waals surface area (Å²) in [5.41, 5.74) is 0.602. The van der Waals surface area contributed by atoms with Crippen LogP contribution >= 0.6 is 11.8 Å². The number of benzene rings is 2. The molecule has 0 aliphatic rings. The molecule has 8 nitrogen and oxygen atoms in total. The maximum absolute atomic E-state index is 13.1. The van der Waals surface area contributed by atoms with Gasteiger partial charge in [0.2, 0.25) is 0 Å². The Bertz CT molecular complexity index is 1470. The summed E-state index contributed by atoms with van der Waals surface area (Å²) in [5.74, 6) is -1.26. The minimum Gasteiger partial charge on any atom is -0.406 e. The summed E-state index contributed by atoms with van der Waals surface area (Å²) in [4.78, 5) is 21.7. The summed E-state index contributed by atoms with van der Waals surface area (Å²) in [7, 11) is 0. The van der Waals surface area contributed by atoms with Crippen LogP contribution in [0.3, 0.4) is 0 Å². The molecular weight excluding hydrogens is 550 g/mol. The summed E-state index contributed by atoms with van der Waals surface area (Å²) in [6.07, 6.45) is -9.49. The number of carbonyl (C=O) groups excluding carboxylic acids is 1. The van der Waals surface area contributed by atoms with Crippen molar-refractivity contribution in [3.8, 4) is 11.4 Å². The third-order valence-electron chi connectivity index (χ3n) is 5.04. The van der Waals surface area contributed by atoms with Gasteiger partial charge in [-0.3, -0.25) is 4.79 Å². The molecule has 4 rings (SSSR count). The Morgan fingerprint density at radius 2 is 1.64 bits per heavy atom. The number of hydrogen-bond acceptors (Lipinski definition) is 7. The van der Waals surface area contributed by atoms with Gasteiger partial charge in [0.05, 0.1) is 16.9 Å². The van der Waals surface area contributed by atoms with Crippen LogP contribution in [0.15, 0.2) is 59.8 Å². The van der Waals surface area contributed by atoms with Crippen LogP contribution in [0.1, 0.15) is 33.1 Å². The summed E-state index contributed by atoms with van der Waals surface area (Å²) >= 11 is 1.14. The number of amides is 1. The first kappa shape index (κ1) is 27.9. The number of aryl methyl sites for hydroxylation is 2. The van der Waals surface area contributed by atoms with Gasteiger partial charge in [-0.05, 0) is 62.4 Å². The maximum atomic E-state index is 13.1. The highest BCUT2D eigenvalue weighted by Gasteiger charge is 2.32. The average Bonchev–Trinajstić information content (AvgIpc) is 3.25. The summed E-state index contributed by atoms with van der Waals surface area (Å²) in [5, 5.41) is 10.6. The fourth-order valence-electron chi connectivity index (χ4n) is 3.46. The van der Waals surface area contributed by atoms with Gasteiger partial charge in [-0.15, -0.1) is 18.3 Å². The molecule has 0 spiro atoms. The van der Waals surface area contributed by atoms with Gasteiger partial charge < -0.3 is 10.1 Å². The predicted octanol–water partition coefficient (Wildman–Crippen LogP) is 6.14. The van der Waals surface area contributed by atoms with Gasteiger partial charge in [0.25, 0.3) is 5.91 Å². The second-order valence-electron chi connectivity index (χ2n) is 8.09. The molecule has 2 aromatic heterocycles. The van der Waals surface area contributed by atoms with Crippen LogP contribution < -0.4 is 10.1 Å². The van der Waals surface area contributed by atoms with E-state index in [0.717, 1.165) is 42.1 Å². The lowest BCUT2D eigenvalue weighted by atomic mass is 10.2. The number of rotatable bonds is 7. The minimum atomic E-state index is -4.88. The van der Waals surface area contributed by atoms with E-state index in [9.17, 15) is 31.1 Å². The number of thioether (sulfide) groups is 1. The molecular formula is C24H18F6N6O2S. The number of nitrogens with zero attached hydrogens (tertiary/aromatic N) is 5. The second kappa shape index (κ2) is 10.9. The second-order valence-corrected chi connectivity index (χ2v) is 9.04. The van der Waals surface area contributed by atoms with E-state index < -0.39 is 29.8 Å². The molecule has 0 saturated carbocycles. The van der Waals surface area contributed by atoms with Gasteiger partial charge in [0, 0.05) is 22.8 Å². The van der Waals surface area contributed by atoms with Crippen LogP contribution in [0.25, 0.3) is 5.69 Å². The van der Waals surface area contributed by atoms with Crippen LogP contribution in [0, 0.1) is 13.8 Å². The van der Waals surface area contributed by atoms with Crippen molar-refractivity contribution in [2.24, 2.45) is 0 Å². The molecule has 0 atom stereocenters. The molecule has 0 radical (unpaired) electrons. The Labute approximate surface area is 221 Å². The van der Waals surface area contributed by atoms with Gasteiger partial charge in [-0.25, -0.2) is 14.6 Å². The fraction of sp³-hybridized carbons (Fsp3) is 0.208. The molecule has 1 amide bonds. The molecule has 0 aliphatic heterocycles. The Hall–Kier alpha value is -4.14. The summed E-state index contributed by atoms with van der Waals surface area (Å²) in [6.45, 7) is 3.56. The highest BCUT2D eigenvalue weighted by molar-refractivity contribution is 7.98. The molecule has 4 aromatic rings. The van der Waals surface area contributed by atoms with E-state index >= 15 is 0 Å². The first-order chi connectivity index (χ1) is 18.3. The van der Waals surface area contributed by atoms with E-state index in [0.29, 0.717) is 16.5 Å². The highest BCUT2D eigenvalue weighted by Crippen LogP contribution is 2.31. The van der Waals surface area contributed by atoms with Crippen LogP contribution in [-0.2, 0) is 11.9 Å². The van der Waals surface area contributed by atoms with E-state index in [1.807, 2.05) is 0 Å². The van der Waals surface area contributed by atoms with Crippen molar-refractivity contribution < 1.29 is 35.9 Å². The van der Waals surface area contributed by atoms with Crippen molar-refractivity contribution in [2.45, 2.75) is 37.3 Å². The third-order valence-corrected chi connectivity index (χ3v) is 5.90. The quantitative estimate of drug-likeness (QED) is 0.163. The van der Waals surface area contributed by atoms with Gasteiger partial charge >= 0.3 is 12.5 Å². The molecule has 0 saturated heterocycles. The van der Waals surface area contributed by atoms with Crippen LogP contribution in [0.4, 0.5) is 32.0 Å². The normalized spacial score (nSPS) is 11.9. The van der Waals surface area contributed by atoms with Crippen molar-refractivity contribution in [3.63, 3.8) is 0 Å². The van der Waals surface area contributed by atoms with E-state index in [-0.39, 0.29) is 28.5 Å². The number of anilines is 1. The van der Waals surface area contributed by atoms with Crippen LogP contribution in [-0.4, -0.2) is 37.2 Å². The van der Waals surface area contributed by atoms with Crippen molar-refractivity contribution in [3.05, 3.63) is 82.9 Å². The Morgan fingerprint density at radius 3 is 2.26 bits per heavy atom. The minimum absolute atomic E-state index is 0.0437. The van der Waals surface area contributed by atoms with Gasteiger partial charge in [-0.1, -0.05) is 23.0 Å². The first-order valence-corrected chi connectivity index (χ1v) is 12.0. The third kappa shape index (κ3) is 7.25. The molecule has 0 aliphatic carbocycles. The molecule has 2 aromatic carbocycles. The van der Waals surface area contributed by atoms with Crippen LogP contribution in [0.2, 0.25) is 0 Å². The Balaban J connectivity index is 1.66. The Kier molecular flexibility index (Phi) is 7.81. The van der Waals surface area contributed by atoms with Crippen molar-refractivity contribution in [2.75, 3.05) is 5.32 Å². The number of halogens is 6. The number of hydrogen-bond donors (Lipinski definition) is 1. The molecule has 204 valence electrons. The number of carbonyl (C=O) groups is 1. The van der Waals surface area contributed by atoms with E-state index in [1.165, 1.54) is 22.9 Å². The van der Waals surface area contributed by atoms with E-state index in [2.05, 4.69) is 30.3 Å². The summed E-state index contributed by atoms with van der Waals surface area (Å²) in [6, 6.07) is 10.5. The highest BCUT2D eigenvalue weighted by atomic mass is 32.2. The number of ether oxygens (including phenoxy) is 1. The molecule has 0 fully saturated rings. The maximum Gasteiger partial charge on any atom is 0.573 e.